The van der Waals surface area contributed by atoms with Crippen molar-refractivity contribution in [3.05, 3.63) is 120 Å². The Morgan fingerprint density at radius 1 is 0.841 bits per heavy atom. The van der Waals surface area contributed by atoms with Crippen LogP contribution in [0, 0.1) is 11.6 Å². The zero-order chi connectivity index (χ0) is 31.1. The number of nitrogens with one attached hydrogen (secondary N) is 2. The second-order valence-corrected chi connectivity index (χ2v) is 12.6. The van der Waals surface area contributed by atoms with Gasteiger partial charge in [-0.25, -0.2) is 22.0 Å². The van der Waals surface area contributed by atoms with E-state index in [1.54, 1.807) is 41.3 Å². The van der Waals surface area contributed by atoms with E-state index in [1.807, 2.05) is 24.3 Å². The fourth-order valence-corrected chi connectivity index (χ4v) is 5.74. The van der Waals surface area contributed by atoms with Crippen LogP contribution in [0.4, 0.5) is 25.0 Å². The number of urea groups is 1. The molecule has 230 valence electrons. The minimum atomic E-state index is -3.34. The van der Waals surface area contributed by atoms with Crippen LogP contribution >= 0.6 is 0 Å². The van der Waals surface area contributed by atoms with E-state index in [2.05, 4.69) is 14.9 Å². The maximum atomic E-state index is 13.9. The molecule has 5 rings (SSSR count). The second kappa shape index (κ2) is 13.9. The van der Waals surface area contributed by atoms with Crippen molar-refractivity contribution in [2.45, 2.75) is 32.0 Å². The zero-order valence-electron chi connectivity index (χ0n) is 24.2. The van der Waals surface area contributed by atoms with E-state index in [-0.39, 0.29) is 30.3 Å². The van der Waals surface area contributed by atoms with E-state index in [1.165, 1.54) is 36.4 Å². The van der Waals surface area contributed by atoms with Gasteiger partial charge >= 0.3 is 6.03 Å². The molecule has 1 aliphatic heterocycles. The largest absolute Gasteiger partial charge is 0.457 e. The standard InChI is InChI=1S/C33H34F2N4O4S/c1-44(41,42)37-29-11-15-32(16-12-29)43-31-13-5-24(6-14-31)22-38-19-17-30(18-20-38)39(23-25-3-2-4-27(35)21-25)33(40)36-28-9-7-26(34)8-10-28/h2-16,21,30,37H,17-20,22-23H2,1H3,(H,36,40). The SMILES string of the molecule is CS(=O)(=O)Nc1ccc(Oc2ccc(CN3CCC(N(Cc4cccc(F)c4)C(=O)Nc4ccc(F)cc4)CC3)cc2)cc1. The van der Waals surface area contributed by atoms with Crippen LogP contribution in [0.15, 0.2) is 97.1 Å². The molecule has 1 heterocycles. The van der Waals surface area contributed by atoms with Crippen LogP contribution in [-0.4, -0.2) is 49.6 Å². The highest BCUT2D eigenvalue weighted by Crippen LogP contribution is 2.26. The number of hydrogen-bond donors (Lipinski definition) is 2. The first-order chi connectivity index (χ1) is 21.1. The normalized spacial score (nSPS) is 14.2. The summed E-state index contributed by atoms with van der Waals surface area (Å²) >= 11 is 0. The number of amides is 2. The molecule has 0 aliphatic carbocycles. The smallest absolute Gasteiger partial charge is 0.322 e. The number of ether oxygens (including phenoxy) is 1. The Balaban J connectivity index is 1.17. The lowest BCUT2D eigenvalue weighted by Crippen LogP contribution is -2.48. The molecule has 0 unspecified atom stereocenters. The molecule has 4 aromatic carbocycles. The first-order valence-electron chi connectivity index (χ1n) is 14.2. The lowest BCUT2D eigenvalue weighted by atomic mass is 10.0. The molecule has 0 radical (unpaired) electrons. The highest BCUT2D eigenvalue weighted by atomic mass is 32.2. The van der Waals surface area contributed by atoms with Gasteiger partial charge in [-0.05, 0) is 96.8 Å². The third-order valence-electron chi connectivity index (χ3n) is 7.32. The number of sulfonamides is 1. The monoisotopic (exact) mass is 620 g/mol. The van der Waals surface area contributed by atoms with Crippen LogP contribution in [0.1, 0.15) is 24.0 Å². The third-order valence-corrected chi connectivity index (χ3v) is 7.93. The molecule has 0 saturated carbocycles. The fraction of sp³-hybridized carbons (Fsp3) is 0.242. The molecule has 4 aromatic rings. The Morgan fingerprint density at radius 3 is 2.07 bits per heavy atom. The topological polar surface area (TPSA) is 91.0 Å². The van der Waals surface area contributed by atoms with Crippen LogP contribution in [0.3, 0.4) is 0 Å². The van der Waals surface area contributed by atoms with Crippen LogP contribution < -0.4 is 14.8 Å². The number of carbonyl (C=O) groups is 1. The van der Waals surface area contributed by atoms with E-state index >= 15 is 0 Å². The number of rotatable bonds is 10. The number of carbonyl (C=O) groups excluding carboxylic acids is 1. The van der Waals surface area contributed by atoms with Gasteiger partial charge in [-0.1, -0.05) is 24.3 Å². The number of likely N-dealkylation sites (tertiary alicyclic amines) is 1. The quantitative estimate of drug-likeness (QED) is 0.203. The van der Waals surface area contributed by atoms with Crippen molar-refractivity contribution >= 4 is 27.4 Å². The van der Waals surface area contributed by atoms with Crippen molar-refractivity contribution in [2.24, 2.45) is 0 Å². The van der Waals surface area contributed by atoms with Gasteiger partial charge in [0.1, 0.15) is 23.1 Å². The number of hydrogen-bond acceptors (Lipinski definition) is 5. The molecule has 0 spiro atoms. The summed E-state index contributed by atoms with van der Waals surface area (Å²) in [4.78, 5) is 17.4. The minimum absolute atomic E-state index is 0.0511. The Morgan fingerprint density at radius 2 is 1.45 bits per heavy atom. The number of benzene rings is 4. The molecule has 0 bridgehead atoms. The van der Waals surface area contributed by atoms with Crippen molar-refractivity contribution in [2.75, 3.05) is 29.4 Å². The molecule has 8 nitrogen and oxygen atoms in total. The molecule has 1 fully saturated rings. The Kier molecular flexibility index (Phi) is 9.76. The maximum absolute atomic E-state index is 13.9. The van der Waals surface area contributed by atoms with Crippen molar-refractivity contribution in [1.82, 2.24) is 9.80 Å². The third kappa shape index (κ3) is 9.01. The number of halogens is 2. The van der Waals surface area contributed by atoms with Gasteiger partial charge in [0, 0.05) is 43.6 Å². The number of nitrogens with zero attached hydrogens (tertiary/aromatic N) is 2. The predicted molar refractivity (Wildman–Crippen MR) is 167 cm³/mol. The Hall–Kier alpha value is -4.48. The number of piperidine rings is 1. The summed E-state index contributed by atoms with van der Waals surface area (Å²) in [5.41, 5.74) is 2.77. The summed E-state index contributed by atoms with van der Waals surface area (Å²) < 4.78 is 58.4. The summed E-state index contributed by atoms with van der Waals surface area (Å²) in [6.45, 7) is 2.55. The van der Waals surface area contributed by atoms with Crippen LogP contribution in [0.25, 0.3) is 0 Å². The molecular weight excluding hydrogens is 586 g/mol. The van der Waals surface area contributed by atoms with Crippen molar-refractivity contribution in [3.63, 3.8) is 0 Å². The first kappa shape index (κ1) is 31.0. The lowest BCUT2D eigenvalue weighted by molar-refractivity contribution is 0.119. The number of anilines is 2. The first-order valence-corrected chi connectivity index (χ1v) is 16.1. The van der Waals surface area contributed by atoms with Gasteiger partial charge in [-0.2, -0.15) is 0 Å². The molecule has 11 heteroatoms. The van der Waals surface area contributed by atoms with Crippen molar-refractivity contribution in [3.8, 4) is 11.5 Å². The summed E-state index contributed by atoms with van der Waals surface area (Å²) in [6, 6.07) is 26.0. The summed E-state index contributed by atoms with van der Waals surface area (Å²) in [6.07, 6.45) is 2.59. The van der Waals surface area contributed by atoms with Crippen LogP contribution in [0.5, 0.6) is 11.5 Å². The summed E-state index contributed by atoms with van der Waals surface area (Å²) in [7, 11) is -3.34. The summed E-state index contributed by atoms with van der Waals surface area (Å²) in [5, 5.41) is 2.86. The Bertz CT molecular complexity index is 1660. The lowest BCUT2D eigenvalue weighted by Gasteiger charge is -2.38. The molecular formula is C33H34F2N4O4S. The van der Waals surface area contributed by atoms with Crippen LogP contribution in [-0.2, 0) is 23.1 Å². The molecule has 1 saturated heterocycles. The average molecular weight is 621 g/mol. The zero-order valence-corrected chi connectivity index (χ0v) is 25.1. The van der Waals surface area contributed by atoms with E-state index in [0.29, 0.717) is 28.4 Å². The van der Waals surface area contributed by atoms with Crippen molar-refractivity contribution < 1.29 is 26.7 Å². The Labute approximate surface area is 256 Å². The van der Waals surface area contributed by atoms with Crippen LogP contribution in [0.2, 0.25) is 0 Å². The highest BCUT2D eigenvalue weighted by molar-refractivity contribution is 7.92. The van der Waals surface area contributed by atoms with E-state index in [0.717, 1.165) is 44.3 Å². The molecule has 1 aliphatic rings. The van der Waals surface area contributed by atoms with Crippen molar-refractivity contribution in [1.29, 1.82) is 0 Å². The fourth-order valence-electron chi connectivity index (χ4n) is 5.18. The van der Waals surface area contributed by atoms with Gasteiger partial charge in [0.2, 0.25) is 10.0 Å². The highest BCUT2D eigenvalue weighted by Gasteiger charge is 2.28. The second-order valence-electron chi connectivity index (χ2n) is 10.8. The average Bonchev–Trinajstić information content (AvgIpc) is 2.99. The van der Waals surface area contributed by atoms with E-state index < -0.39 is 10.0 Å². The molecule has 0 aromatic heterocycles. The maximum Gasteiger partial charge on any atom is 0.322 e. The minimum Gasteiger partial charge on any atom is -0.457 e. The van der Waals surface area contributed by atoms with Gasteiger partial charge in [-0.3, -0.25) is 9.62 Å². The van der Waals surface area contributed by atoms with Gasteiger partial charge in [0.25, 0.3) is 0 Å². The van der Waals surface area contributed by atoms with Gasteiger partial charge < -0.3 is 15.0 Å². The van der Waals surface area contributed by atoms with Gasteiger partial charge in [0.05, 0.1) is 6.26 Å². The van der Waals surface area contributed by atoms with E-state index in [9.17, 15) is 22.0 Å². The summed E-state index contributed by atoms with van der Waals surface area (Å²) in [5.74, 6) is 0.513. The van der Waals surface area contributed by atoms with Gasteiger partial charge in [-0.15, -0.1) is 0 Å². The molecule has 44 heavy (non-hydrogen) atoms. The molecule has 0 atom stereocenters. The molecule has 2 N–H and O–H groups in total. The van der Waals surface area contributed by atoms with E-state index in [4.69, 9.17) is 4.74 Å². The molecule has 2 amide bonds. The van der Waals surface area contributed by atoms with Gasteiger partial charge in [0.15, 0.2) is 0 Å². The predicted octanol–water partition coefficient (Wildman–Crippen LogP) is 6.83.